The van der Waals surface area contributed by atoms with Crippen LogP contribution in [-0.4, -0.2) is 0 Å². The van der Waals surface area contributed by atoms with Crippen LogP contribution in [0.4, 0.5) is 11.4 Å². The van der Waals surface area contributed by atoms with Crippen LogP contribution in [0.2, 0.25) is 0 Å². The Kier molecular flexibility index (Phi) is 4.64. The molecule has 0 heterocycles. The van der Waals surface area contributed by atoms with E-state index in [1.54, 1.807) is 0 Å². The molecule has 0 bridgehead atoms. The van der Waals surface area contributed by atoms with Gasteiger partial charge in [-0.15, -0.1) is 6.42 Å². The summed E-state index contributed by atoms with van der Waals surface area (Å²) >= 11 is 0. The van der Waals surface area contributed by atoms with Crippen LogP contribution in [0.3, 0.4) is 0 Å². The minimum Gasteiger partial charge on any atom is -0.355 e. The molecule has 0 atom stereocenters. The largest absolute Gasteiger partial charge is 0.355 e. The zero-order valence-electron chi connectivity index (χ0n) is 11.3. The third-order valence-electron chi connectivity index (χ3n) is 3.13. The van der Waals surface area contributed by atoms with Gasteiger partial charge in [0.1, 0.15) is 0 Å². The highest BCUT2D eigenvalue weighted by atomic mass is 14.9. The van der Waals surface area contributed by atoms with Crippen molar-refractivity contribution in [2.24, 2.45) is 0 Å². The molecule has 0 unspecified atom stereocenters. The average Bonchev–Trinajstić information content (AvgIpc) is 2.47. The average molecular weight is 249 g/mol. The molecule has 0 radical (unpaired) electrons. The lowest BCUT2D eigenvalue weighted by Gasteiger charge is -2.09. The number of rotatable bonds is 5. The quantitative estimate of drug-likeness (QED) is 0.754. The first kappa shape index (κ1) is 13.2. The van der Waals surface area contributed by atoms with E-state index in [0.29, 0.717) is 0 Å². The number of nitrogens with one attached hydrogen (secondary N) is 1. The second-order valence-corrected chi connectivity index (χ2v) is 4.62. The van der Waals surface area contributed by atoms with Gasteiger partial charge in [0.05, 0.1) is 5.69 Å². The molecule has 1 heteroatoms. The Labute approximate surface area is 115 Å². The van der Waals surface area contributed by atoms with E-state index >= 15 is 0 Å². The summed E-state index contributed by atoms with van der Waals surface area (Å²) < 4.78 is 0. The lowest BCUT2D eigenvalue weighted by Crippen LogP contribution is -1.93. The minimum absolute atomic E-state index is 0.887. The number of anilines is 2. The maximum Gasteiger partial charge on any atom is 0.0543 e. The number of hydrogen-bond donors (Lipinski definition) is 1. The predicted octanol–water partition coefficient (Wildman–Crippen LogP) is 4.75. The molecule has 0 aliphatic heterocycles. The molecule has 0 aliphatic carbocycles. The van der Waals surface area contributed by atoms with E-state index in [1.807, 2.05) is 24.3 Å². The molecular weight excluding hydrogens is 230 g/mol. The number of aryl methyl sites for hydroxylation is 1. The monoisotopic (exact) mass is 249 g/mol. The highest BCUT2D eigenvalue weighted by molar-refractivity contribution is 5.66. The number of hydrogen-bond acceptors (Lipinski definition) is 1. The Morgan fingerprint density at radius 3 is 2.47 bits per heavy atom. The Morgan fingerprint density at radius 1 is 1.05 bits per heavy atom. The van der Waals surface area contributed by atoms with Crippen molar-refractivity contribution in [2.45, 2.75) is 26.2 Å². The summed E-state index contributed by atoms with van der Waals surface area (Å²) in [6.07, 6.45) is 9.12. The van der Waals surface area contributed by atoms with Crippen LogP contribution in [0.25, 0.3) is 0 Å². The number of benzene rings is 2. The third kappa shape index (κ3) is 3.63. The minimum atomic E-state index is 0.887. The predicted molar refractivity (Wildman–Crippen MR) is 82.7 cm³/mol. The van der Waals surface area contributed by atoms with Gasteiger partial charge in [-0.1, -0.05) is 43.5 Å². The molecule has 0 aliphatic rings. The van der Waals surface area contributed by atoms with Crippen molar-refractivity contribution in [1.82, 2.24) is 0 Å². The van der Waals surface area contributed by atoms with Gasteiger partial charge in [-0.25, -0.2) is 0 Å². The fourth-order valence-electron chi connectivity index (χ4n) is 2.01. The van der Waals surface area contributed by atoms with E-state index in [0.717, 1.165) is 23.4 Å². The second kappa shape index (κ2) is 6.66. The lowest BCUT2D eigenvalue weighted by atomic mass is 10.1. The van der Waals surface area contributed by atoms with Crippen molar-refractivity contribution in [1.29, 1.82) is 0 Å². The van der Waals surface area contributed by atoms with Crippen LogP contribution < -0.4 is 5.32 Å². The fourth-order valence-corrected chi connectivity index (χ4v) is 2.01. The topological polar surface area (TPSA) is 12.0 Å². The Hall–Kier alpha value is -2.20. The van der Waals surface area contributed by atoms with E-state index in [2.05, 4.69) is 42.4 Å². The summed E-state index contributed by atoms with van der Waals surface area (Å²) in [5.74, 6) is 2.69. The Balaban J connectivity index is 2.09. The molecule has 0 saturated carbocycles. The molecule has 1 nitrogen and oxygen atoms in total. The molecule has 0 saturated heterocycles. The fraction of sp³-hybridized carbons (Fsp3) is 0.222. The van der Waals surface area contributed by atoms with Gasteiger partial charge in [0.15, 0.2) is 0 Å². The van der Waals surface area contributed by atoms with Gasteiger partial charge in [-0.2, -0.15) is 0 Å². The van der Waals surface area contributed by atoms with Crippen molar-refractivity contribution in [3.63, 3.8) is 0 Å². The van der Waals surface area contributed by atoms with Gasteiger partial charge in [-0.05, 0) is 42.7 Å². The summed E-state index contributed by atoms with van der Waals surface area (Å²) in [5, 5.41) is 3.36. The number of unbranched alkanes of at least 4 members (excludes halogenated alkanes) is 1. The first-order valence-electron chi connectivity index (χ1n) is 6.75. The summed E-state index contributed by atoms with van der Waals surface area (Å²) in [7, 11) is 0. The van der Waals surface area contributed by atoms with Gasteiger partial charge < -0.3 is 5.32 Å². The maximum absolute atomic E-state index is 5.49. The van der Waals surface area contributed by atoms with Gasteiger partial charge >= 0.3 is 0 Å². The van der Waals surface area contributed by atoms with Gasteiger partial charge in [0.2, 0.25) is 0 Å². The molecule has 0 amide bonds. The van der Waals surface area contributed by atoms with Crippen molar-refractivity contribution < 1.29 is 0 Å². The van der Waals surface area contributed by atoms with Gasteiger partial charge in [0.25, 0.3) is 0 Å². The zero-order chi connectivity index (χ0) is 13.5. The molecule has 19 heavy (non-hydrogen) atoms. The first-order chi connectivity index (χ1) is 9.33. The van der Waals surface area contributed by atoms with Crippen molar-refractivity contribution in [3.05, 3.63) is 59.7 Å². The van der Waals surface area contributed by atoms with Crippen LogP contribution in [-0.2, 0) is 6.42 Å². The molecule has 2 aromatic carbocycles. The van der Waals surface area contributed by atoms with E-state index in [4.69, 9.17) is 6.42 Å². The summed E-state index contributed by atoms with van der Waals surface area (Å²) in [6, 6.07) is 16.5. The van der Waals surface area contributed by atoms with E-state index in [1.165, 1.54) is 18.4 Å². The summed E-state index contributed by atoms with van der Waals surface area (Å²) in [5.41, 5.74) is 4.32. The normalized spacial score (nSPS) is 9.89. The summed E-state index contributed by atoms with van der Waals surface area (Å²) in [4.78, 5) is 0. The van der Waals surface area contributed by atoms with E-state index < -0.39 is 0 Å². The van der Waals surface area contributed by atoms with Gasteiger partial charge in [-0.3, -0.25) is 0 Å². The van der Waals surface area contributed by atoms with Crippen molar-refractivity contribution in [2.75, 3.05) is 5.32 Å². The first-order valence-corrected chi connectivity index (χ1v) is 6.75. The highest BCUT2D eigenvalue weighted by Crippen LogP contribution is 2.20. The molecule has 0 aromatic heterocycles. The summed E-state index contributed by atoms with van der Waals surface area (Å²) in [6.45, 7) is 2.21. The van der Waals surface area contributed by atoms with Crippen LogP contribution >= 0.6 is 0 Å². The molecule has 1 N–H and O–H groups in total. The molecular formula is C18H19N. The molecule has 0 spiro atoms. The van der Waals surface area contributed by atoms with Gasteiger partial charge in [0, 0.05) is 11.3 Å². The highest BCUT2D eigenvalue weighted by Gasteiger charge is 1.99. The number of para-hydroxylation sites is 1. The zero-order valence-corrected chi connectivity index (χ0v) is 11.3. The Bertz CT molecular complexity index is 561. The number of terminal acetylenes is 1. The van der Waals surface area contributed by atoms with E-state index in [-0.39, 0.29) is 0 Å². The smallest absolute Gasteiger partial charge is 0.0543 e. The molecule has 2 aromatic rings. The molecule has 2 rings (SSSR count). The molecule has 96 valence electrons. The standard InChI is InChI=1S/C18H19N/c1-3-5-8-15-11-13-17(14-12-15)19-18-10-7-6-9-16(18)4-2/h2,6-7,9-14,19H,3,5,8H2,1H3. The SMILES string of the molecule is C#Cc1ccccc1Nc1ccc(CCCC)cc1. The lowest BCUT2D eigenvalue weighted by molar-refractivity contribution is 0.795. The van der Waals surface area contributed by atoms with Crippen molar-refractivity contribution >= 4 is 11.4 Å². The maximum atomic E-state index is 5.49. The van der Waals surface area contributed by atoms with E-state index in [9.17, 15) is 0 Å². The van der Waals surface area contributed by atoms with Crippen LogP contribution in [0.5, 0.6) is 0 Å². The Morgan fingerprint density at radius 2 is 1.79 bits per heavy atom. The third-order valence-corrected chi connectivity index (χ3v) is 3.13. The molecule has 0 fully saturated rings. The second-order valence-electron chi connectivity index (χ2n) is 4.62. The van der Waals surface area contributed by atoms with Crippen molar-refractivity contribution in [3.8, 4) is 12.3 Å². The van der Waals surface area contributed by atoms with Crippen LogP contribution in [0.15, 0.2) is 48.5 Å². The van der Waals surface area contributed by atoms with Crippen LogP contribution in [0, 0.1) is 12.3 Å². The van der Waals surface area contributed by atoms with Crippen LogP contribution in [0.1, 0.15) is 30.9 Å².